The fraction of sp³-hybridized carbons (Fsp3) is 0.458. The lowest BCUT2D eigenvalue weighted by molar-refractivity contribution is -0.125. The summed E-state index contributed by atoms with van der Waals surface area (Å²) in [7, 11) is 0. The molecule has 1 saturated heterocycles. The van der Waals surface area contributed by atoms with Crippen LogP contribution in [0.3, 0.4) is 0 Å². The summed E-state index contributed by atoms with van der Waals surface area (Å²) in [5.41, 5.74) is 1.83. The van der Waals surface area contributed by atoms with E-state index >= 15 is 0 Å². The number of piperidine rings is 1. The van der Waals surface area contributed by atoms with Crippen molar-refractivity contribution in [2.24, 2.45) is 5.92 Å². The van der Waals surface area contributed by atoms with Gasteiger partial charge in [0.05, 0.1) is 0 Å². The van der Waals surface area contributed by atoms with Gasteiger partial charge in [0.2, 0.25) is 5.91 Å². The molecule has 5 rings (SSSR count). The molecule has 0 bridgehead atoms. The maximum absolute atomic E-state index is 12.6. The normalized spacial score (nSPS) is 16.4. The van der Waals surface area contributed by atoms with Crippen LogP contribution in [0.2, 0.25) is 0 Å². The number of hydrogen-bond acceptors (Lipinski definition) is 7. The number of hydrogen-bond donors (Lipinski definition) is 2. The summed E-state index contributed by atoms with van der Waals surface area (Å²) in [6, 6.07) is 11.9. The van der Waals surface area contributed by atoms with E-state index in [1.807, 2.05) is 36.4 Å². The maximum atomic E-state index is 12.6. The average molecular weight is 464 g/mol. The summed E-state index contributed by atoms with van der Waals surface area (Å²) in [6.07, 6.45) is 6.07. The summed E-state index contributed by atoms with van der Waals surface area (Å²) < 4.78 is 7.20. The second-order valence-electron chi connectivity index (χ2n) is 8.90. The van der Waals surface area contributed by atoms with Crippen LogP contribution >= 0.6 is 0 Å². The number of nitrogens with one attached hydrogen (secondary N) is 2. The van der Waals surface area contributed by atoms with Gasteiger partial charge in [0, 0.05) is 31.6 Å². The van der Waals surface area contributed by atoms with Crippen molar-refractivity contribution in [3.63, 3.8) is 0 Å². The van der Waals surface area contributed by atoms with E-state index in [-0.39, 0.29) is 24.3 Å². The van der Waals surface area contributed by atoms with Crippen molar-refractivity contribution in [2.45, 2.75) is 38.1 Å². The van der Waals surface area contributed by atoms with Crippen molar-refractivity contribution in [1.82, 2.24) is 30.4 Å². The minimum atomic E-state index is -0.0760. The topological polar surface area (TPSA) is 114 Å². The molecule has 1 aliphatic carbocycles. The molecule has 0 radical (unpaired) electrons. The molecule has 10 nitrogen and oxygen atoms in total. The number of amides is 2. The molecule has 2 aromatic heterocycles. The van der Waals surface area contributed by atoms with Crippen LogP contribution in [-0.2, 0) is 16.0 Å². The number of rotatable bonds is 9. The third-order valence-electron chi connectivity index (χ3n) is 6.29. The zero-order chi connectivity index (χ0) is 23.3. The Bertz CT molecular complexity index is 1130. The van der Waals surface area contributed by atoms with Crippen molar-refractivity contribution in [2.75, 3.05) is 31.1 Å². The first-order valence-electron chi connectivity index (χ1n) is 11.8. The van der Waals surface area contributed by atoms with Crippen molar-refractivity contribution in [3.8, 4) is 5.75 Å². The number of nitrogens with zero attached hydrogens (tertiary/aromatic N) is 5. The molecular weight excluding hydrogens is 434 g/mol. The summed E-state index contributed by atoms with van der Waals surface area (Å²) in [5.74, 6) is 1.61. The molecule has 10 heteroatoms. The third-order valence-corrected chi connectivity index (χ3v) is 6.29. The van der Waals surface area contributed by atoms with Crippen LogP contribution in [0.1, 0.15) is 31.2 Å². The van der Waals surface area contributed by atoms with Crippen LogP contribution in [0.25, 0.3) is 5.65 Å². The van der Waals surface area contributed by atoms with E-state index in [9.17, 15) is 9.59 Å². The van der Waals surface area contributed by atoms with Gasteiger partial charge in [-0.05, 0) is 61.9 Å². The molecule has 2 aliphatic rings. The lowest BCUT2D eigenvalue weighted by Crippen LogP contribution is -2.41. The van der Waals surface area contributed by atoms with Gasteiger partial charge in [-0.15, -0.1) is 15.3 Å². The highest BCUT2D eigenvalue weighted by molar-refractivity contribution is 5.79. The molecule has 1 aromatic carbocycles. The Kier molecular flexibility index (Phi) is 6.55. The zero-order valence-corrected chi connectivity index (χ0v) is 19.0. The van der Waals surface area contributed by atoms with Crippen LogP contribution in [0, 0.1) is 5.92 Å². The standard InChI is InChI=1S/C24H29N7O3/c32-23(27-19-3-4-19)15-34-20-5-1-17(2-6-20)9-12-25-24(33)18-10-13-30(14-11-18)22-8-7-21-28-26-16-31(21)29-22/h1-2,5-8,16,18-19H,3-4,9-15H2,(H,25,33)(H,27,32). The number of anilines is 1. The van der Waals surface area contributed by atoms with Crippen molar-refractivity contribution in [3.05, 3.63) is 48.3 Å². The van der Waals surface area contributed by atoms with Crippen molar-refractivity contribution in [1.29, 1.82) is 0 Å². The average Bonchev–Trinajstić information content (AvgIpc) is 3.55. The first kappa shape index (κ1) is 22.1. The monoisotopic (exact) mass is 463 g/mol. The van der Waals surface area contributed by atoms with E-state index in [4.69, 9.17) is 4.74 Å². The van der Waals surface area contributed by atoms with Gasteiger partial charge in [-0.2, -0.15) is 4.52 Å². The van der Waals surface area contributed by atoms with Gasteiger partial charge in [-0.1, -0.05) is 12.1 Å². The molecule has 2 amide bonds. The van der Waals surface area contributed by atoms with Gasteiger partial charge < -0.3 is 20.3 Å². The molecule has 1 aliphatic heterocycles. The van der Waals surface area contributed by atoms with Gasteiger partial charge in [0.1, 0.15) is 17.9 Å². The van der Waals surface area contributed by atoms with E-state index in [0.29, 0.717) is 18.3 Å². The summed E-state index contributed by atoms with van der Waals surface area (Å²) in [6.45, 7) is 2.21. The van der Waals surface area contributed by atoms with E-state index < -0.39 is 0 Å². The molecular formula is C24H29N7O3. The fourth-order valence-corrected chi connectivity index (χ4v) is 4.13. The number of carbonyl (C=O) groups excluding carboxylic acids is 2. The van der Waals surface area contributed by atoms with Crippen LogP contribution in [0.15, 0.2) is 42.7 Å². The predicted molar refractivity (Wildman–Crippen MR) is 126 cm³/mol. The first-order valence-corrected chi connectivity index (χ1v) is 11.8. The highest BCUT2D eigenvalue weighted by atomic mass is 16.5. The van der Waals surface area contributed by atoms with Crippen LogP contribution in [0.5, 0.6) is 5.75 Å². The van der Waals surface area contributed by atoms with Gasteiger partial charge in [-0.3, -0.25) is 9.59 Å². The molecule has 0 unspecified atom stereocenters. The molecule has 1 saturated carbocycles. The Morgan fingerprint density at radius 3 is 2.59 bits per heavy atom. The second kappa shape index (κ2) is 10.1. The summed E-state index contributed by atoms with van der Waals surface area (Å²) in [5, 5.41) is 18.4. The fourth-order valence-electron chi connectivity index (χ4n) is 4.13. The highest BCUT2D eigenvalue weighted by Gasteiger charge is 2.26. The van der Waals surface area contributed by atoms with Crippen molar-refractivity contribution >= 4 is 23.3 Å². The Balaban J connectivity index is 1.01. The zero-order valence-electron chi connectivity index (χ0n) is 19.0. The van der Waals surface area contributed by atoms with Crippen LogP contribution in [0.4, 0.5) is 5.82 Å². The predicted octanol–water partition coefficient (Wildman–Crippen LogP) is 1.36. The lowest BCUT2D eigenvalue weighted by atomic mass is 9.96. The van der Waals surface area contributed by atoms with E-state index in [1.165, 1.54) is 0 Å². The van der Waals surface area contributed by atoms with Gasteiger partial charge >= 0.3 is 0 Å². The molecule has 2 fully saturated rings. The largest absolute Gasteiger partial charge is 0.484 e. The van der Waals surface area contributed by atoms with Gasteiger partial charge in [0.15, 0.2) is 12.3 Å². The molecule has 3 heterocycles. The lowest BCUT2D eigenvalue weighted by Gasteiger charge is -2.32. The van der Waals surface area contributed by atoms with E-state index in [0.717, 1.165) is 62.2 Å². The molecule has 3 aromatic rings. The smallest absolute Gasteiger partial charge is 0.258 e. The quantitative estimate of drug-likeness (QED) is 0.493. The minimum Gasteiger partial charge on any atom is -0.484 e. The maximum Gasteiger partial charge on any atom is 0.258 e. The van der Waals surface area contributed by atoms with Gasteiger partial charge in [-0.25, -0.2) is 0 Å². The highest BCUT2D eigenvalue weighted by Crippen LogP contribution is 2.22. The Hall–Kier alpha value is -3.69. The van der Waals surface area contributed by atoms with Crippen LogP contribution < -0.4 is 20.3 Å². The number of fused-ring (bicyclic) bond motifs is 1. The third kappa shape index (κ3) is 5.62. The molecule has 2 N–H and O–H groups in total. The number of ether oxygens (including phenoxy) is 1. The Morgan fingerprint density at radius 2 is 1.82 bits per heavy atom. The number of carbonyl (C=O) groups is 2. The van der Waals surface area contributed by atoms with E-state index in [2.05, 4.69) is 30.8 Å². The van der Waals surface area contributed by atoms with E-state index in [1.54, 1.807) is 10.8 Å². The first-order chi connectivity index (χ1) is 16.6. The van der Waals surface area contributed by atoms with Crippen molar-refractivity contribution < 1.29 is 14.3 Å². The SMILES string of the molecule is O=C(COc1ccc(CCNC(=O)C2CCN(c3ccc4nncn4n3)CC2)cc1)NC1CC1. The number of benzene rings is 1. The van der Waals surface area contributed by atoms with Gasteiger partial charge in [0.25, 0.3) is 5.91 Å². The second-order valence-corrected chi connectivity index (χ2v) is 8.90. The number of aromatic nitrogens is 4. The van der Waals surface area contributed by atoms with Crippen LogP contribution in [-0.4, -0.2) is 63.9 Å². The molecule has 0 spiro atoms. The Morgan fingerprint density at radius 1 is 1.03 bits per heavy atom. The molecule has 178 valence electrons. The Labute approximate surface area is 197 Å². The molecule has 34 heavy (non-hydrogen) atoms. The summed E-state index contributed by atoms with van der Waals surface area (Å²) in [4.78, 5) is 26.5. The minimum absolute atomic E-state index is 0.0208. The summed E-state index contributed by atoms with van der Waals surface area (Å²) >= 11 is 0. The molecule has 0 atom stereocenters.